The van der Waals surface area contributed by atoms with Crippen LogP contribution in [0.15, 0.2) is 18.2 Å². The summed E-state index contributed by atoms with van der Waals surface area (Å²) < 4.78 is 69.4. The van der Waals surface area contributed by atoms with E-state index < -0.39 is 41.4 Å². The molecule has 1 aliphatic heterocycles. The molecule has 56 heavy (non-hydrogen) atoms. The minimum absolute atomic E-state index is 0.0289. The smallest absolute Gasteiger partial charge is 0.407 e. The monoisotopic (exact) mass is 806 g/mol. The molecule has 1 atom stereocenters. The predicted octanol–water partition coefficient (Wildman–Crippen LogP) is 6.65. The third kappa shape index (κ3) is 11.7. The van der Waals surface area contributed by atoms with E-state index in [1.807, 2.05) is 0 Å². The molecule has 1 N–H and O–H groups in total. The van der Waals surface area contributed by atoms with Crippen LogP contribution in [-0.2, 0) is 41.7 Å². The Hall–Kier alpha value is -5.19. The molecule has 3 aromatic rings. The van der Waals surface area contributed by atoms with Gasteiger partial charge >= 0.3 is 18.0 Å². The first-order valence-corrected chi connectivity index (χ1v) is 18.9. The molecule has 0 saturated carbocycles. The van der Waals surface area contributed by atoms with E-state index in [2.05, 4.69) is 5.32 Å². The van der Waals surface area contributed by atoms with Crippen molar-refractivity contribution in [3.8, 4) is 23.0 Å². The molecule has 2 amide bonds. The highest BCUT2D eigenvalue weighted by atomic mass is 32.1. The van der Waals surface area contributed by atoms with E-state index >= 15 is 8.78 Å². The third-order valence-electron chi connectivity index (χ3n) is 8.29. The lowest BCUT2D eigenvalue weighted by Crippen LogP contribution is -2.37. The molecule has 306 valence electrons. The summed E-state index contributed by atoms with van der Waals surface area (Å²) in [4.78, 5) is 63.2. The number of alkyl carbamates (subject to hydrolysis) is 1. The highest BCUT2D eigenvalue weighted by Crippen LogP contribution is 2.41. The lowest BCUT2D eigenvalue weighted by atomic mass is 10.1. The van der Waals surface area contributed by atoms with Crippen LogP contribution in [-0.4, -0.2) is 86.9 Å². The molecule has 0 aliphatic carbocycles. The van der Waals surface area contributed by atoms with Crippen LogP contribution in [0.1, 0.15) is 87.5 Å². The lowest BCUT2D eigenvalue weighted by molar-refractivity contribution is -0.150. The SMILES string of the molecule is CCOC(=O)CCC(=O)c1cc2c(F)c(OCCCOc3c(OC)cc4c(c3F)CN(C(=O)CCC(=O)O[C@@H](C)CNC(=O)OC(C)(C)C)C4)c(OC)cc2s1. The van der Waals surface area contributed by atoms with Crippen molar-refractivity contribution in [2.24, 2.45) is 0 Å². The van der Waals surface area contributed by atoms with Crippen molar-refractivity contribution >= 4 is 51.1 Å². The molecule has 4 rings (SSSR count). The van der Waals surface area contributed by atoms with Crippen molar-refractivity contribution in [1.29, 1.82) is 0 Å². The standard InChI is InChI=1S/C39H48F2N2O12S/c1-8-51-32(46)12-10-26(44)30-17-24-29(56-30)18-28(50-7)37(34(24)40)53-15-9-14-52-36-27(49-6)16-23-20-43(21-25(23)35(36)41)31(45)11-13-33(47)54-22(2)19-42-38(48)55-39(3,4)5/h16-18,22H,8-15,19-21H2,1-7H3,(H,42,48)/t22-/m0/s1. The minimum Gasteiger partial charge on any atom is -0.493 e. The van der Waals surface area contributed by atoms with Gasteiger partial charge in [-0.1, -0.05) is 0 Å². The van der Waals surface area contributed by atoms with Gasteiger partial charge in [-0.25, -0.2) is 13.6 Å². The van der Waals surface area contributed by atoms with E-state index in [9.17, 15) is 24.0 Å². The summed E-state index contributed by atoms with van der Waals surface area (Å²) in [5, 5.41) is 2.68. The molecule has 17 heteroatoms. The predicted molar refractivity (Wildman–Crippen MR) is 200 cm³/mol. The van der Waals surface area contributed by atoms with E-state index in [0.29, 0.717) is 10.3 Å². The quantitative estimate of drug-likeness (QED) is 0.0595. The molecule has 0 fully saturated rings. The topological polar surface area (TPSA) is 165 Å². The van der Waals surface area contributed by atoms with Crippen LogP contribution < -0.4 is 24.3 Å². The van der Waals surface area contributed by atoms with E-state index in [1.165, 1.54) is 25.2 Å². The summed E-state index contributed by atoms with van der Waals surface area (Å²) in [5.41, 5.74) is 0.111. The number of esters is 2. The van der Waals surface area contributed by atoms with Gasteiger partial charge in [-0.2, -0.15) is 0 Å². The number of carbonyl (C=O) groups excluding carboxylic acids is 5. The summed E-state index contributed by atoms with van der Waals surface area (Å²) in [6.07, 6.45) is -1.62. The summed E-state index contributed by atoms with van der Waals surface area (Å²) in [7, 11) is 2.72. The van der Waals surface area contributed by atoms with E-state index in [0.717, 1.165) is 11.3 Å². The summed E-state index contributed by atoms with van der Waals surface area (Å²) >= 11 is 1.08. The van der Waals surface area contributed by atoms with Gasteiger partial charge in [0.1, 0.15) is 11.7 Å². The Morgan fingerprint density at radius 1 is 0.875 bits per heavy atom. The normalized spacial score (nSPS) is 12.8. The zero-order valence-electron chi connectivity index (χ0n) is 32.6. The second-order valence-corrected chi connectivity index (χ2v) is 14.9. The second-order valence-electron chi connectivity index (χ2n) is 13.8. The van der Waals surface area contributed by atoms with Gasteiger partial charge in [-0.3, -0.25) is 19.2 Å². The Morgan fingerprint density at radius 3 is 2.16 bits per heavy atom. The fourth-order valence-corrected chi connectivity index (χ4v) is 6.71. The Morgan fingerprint density at radius 2 is 1.52 bits per heavy atom. The number of hydrogen-bond acceptors (Lipinski definition) is 13. The van der Waals surface area contributed by atoms with Crippen molar-refractivity contribution < 1.29 is 65.9 Å². The van der Waals surface area contributed by atoms with Crippen LogP contribution in [0.4, 0.5) is 13.6 Å². The molecule has 2 aromatic carbocycles. The number of methoxy groups -OCH3 is 2. The van der Waals surface area contributed by atoms with Gasteiger partial charge in [-0.15, -0.1) is 11.3 Å². The maximum Gasteiger partial charge on any atom is 0.407 e. The number of thiophene rings is 1. The van der Waals surface area contributed by atoms with E-state index in [4.69, 9.17) is 33.2 Å². The van der Waals surface area contributed by atoms with Crippen molar-refractivity contribution in [2.75, 3.05) is 40.6 Å². The third-order valence-corrected chi connectivity index (χ3v) is 9.42. The van der Waals surface area contributed by atoms with Crippen LogP contribution in [0.5, 0.6) is 23.0 Å². The van der Waals surface area contributed by atoms with Crippen LogP contribution in [0.25, 0.3) is 10.1 Å². The first kappa shape index (κ1) is 43.5. The number of nitrogens with one attached hydrogen (secondary N) is 1. The summed E-state index contributed by atoms with van der Waals surface area (Å²) in [5.74, 6) is -3.29. The number of nitrogens with zero attached hydrogens (tertiary/aromatic N) is 1. The number of hydrogen-bond donors (Lipinski definition) is 1. The Bertz CT molecular complexity index is 1930. The number of carbonyl (C=O) groups is 5. The Balaban J connectivity index is 1.28. The highest BCUT2D eigenvalue weighted by Gasteiger charge is 2.31. The van der Waals surface area contributed by atoms with Crippen LogP contribution in [0.2, 0.25) is 0 Å². The number of ketones is 1. The first-order valence-electron chi connectivity index (χ1n) is 18.1. The van der Waals surface area contributed by atoms with Crippen LogP contribution in [0, 0.1) is 11.6 Å². The van der Waals surface area contributed by atoms with Crippen LogP contribution in [0.3, 0.4) is 0 Å². The number of fused-ring (bicyclic) bond motifs is 2. The van der Waals surface area contributed by atoms with Gasteiger partial charge in [0.05, 0.1) is 58.3 Å². The van der Waals surface area contributed by atoms with Crippen LogP contribution >= 0.6 is 11.3 Å². The maximum absolute atomic E-state index is 15.8. The van der Waals surface area contributed by atoms with Crippen molar-refractivity contribution in [3.63, 3.8) is 0 Å². The molecule has 1 aromatic heterocycles. The van der Waals surface area contributed by atoms with Crippen molar-refractivity contribution in [1.82, 2.24) is 10.2 Å². The fourth-order valence-electron chi connectivity index (χ4n) is 5.66. The molecule has 0 bridgehead atoms. The number of amides is 2. The number of Topliss-reactive ketones (excluding diaryl/α,β-unsaturated/α-hetero) is 1. The molecular weight excluding hydrogens is 758 g/mol. The molecule has 1 aliphatic rings. The van der Waals surface area contributed by atoms with Gasteiger partial charge < -0.3 is 43.4 Å². The number of rotatable bonds is 19. The highest BCUT2D eigenvalue weighted by molar-refractivity contribution is 7.20. The first-order chi connectivity index (χ1) is 26.5. The molecule has 14 nitrogen and oxygen atoms in total. The molecular formula is C39H48F2N2O12S. The molecule has 0 unspecified atom stereocenters. The number of ether oxygens (including phenoxy) is 7. The second kappa shape index (κ2) is 19.6. The van der Waals surface area contributed by atoms with Gasteiger partial charge in [0.2, 0.25) is 5.91 Å². The maximum atomic E-state index is 15.8. The molecule has 0 saturated heterocycles. The van der Waals surface area contributed by atoms with E-state index in [1.54, 1.807) is 46.8 Å². The summed E-state index contributed by atoms with van der Waals surface area (Å²) in [6.45, 7) is 8.68. The minimum atomic E-state index is -0.717. The largest absolute Gasteiger partial charge is 0.493 e. The Kier molecular flexibility index (Phi) is 15.2. The molecule has 0 spiro atoms. The Labute approximate surface area is 327 Å². The van der Waals surface area contributed by atoms with Gasteiger partial charge in [-0.05, 0) is 52.3 Å². The summed E-state index contributed by atoms with van der Waals surface area (Å²) in [6, 6.07) is 4.58. The van der Waals surface area contributed by atoms with Crippen molar-refractivity contribution in [2.45, 2.75) is 91.5 Å². The zero-order chi connectivity index (χ0) is 41.2. The van der Waals surface area contributed by atoms with Crippen molar-refractivity contribution in [3.05, 3.63) is 45.8 Å². The van der Waals surface area contributed by atoms with Gasteiger partial charge in [0.25, 0.3) is 0 Å². The molecule has 2 heterocycles. The zero-order valence-corrected chi connectivity index (χ0v) is 33.4. The molecule has 0 radical (unpaired) electrons. The van der Waals surface area contributed by atoms with Gasteiger partial charge in [0.15, 0.2) is 40.4 Å². The van der Waals surface area contributed by atoms with Gasteiger partial charge in [0, 0.05) is 54.1 Å². The average Bonchev–Trinajstić information content (AvgIpc) is 3.78. The average molecular weight is 807 g/mol. The number of halogens is 2. The van der Waals surface area contributed by atoms with E-state index in [-0.39, 0.29) is 122 Å². The number of benzene rings is 2. The fraction of sp³-hybridized carbons (Fsp3) is 0.513. The lowest BCUT2D eigenvalue weighted by Gasteiger charge is -2.21.